The number of anilines is 1. The number of amides is 2. The quantitative estimate of drug-likeness (QED) is 0.895. The van der Waals surface area contributed by atoms with E-state index in [0.29, 0.717) is 6.61 Å². The van der Waals surface area contributed by atoms with Gasteiger partial charge in [0.15, 0.2) is 0 Å². The summed E-state index contributed by atoms with van der Waals surface area (Å²) in [5.41, 5.74) is 2.73. The molecule has 0 aromatic carbocycles. The number of carbonyl (C=O) groups excluding carboxylic acids is 1. The van der Waals surface area contributed by atoms with E-state index in [2.05, 4.69) is 22.7 Å². The SMILES string of the molecule is CCCn1nc(C)c(NC(=O)N[C@H]2COC3(CCCC3)C2)c1C. The third kappa shape index (κ3) is 3.37. The van der Waals surface area contributed by atoms with Crippen molar-refractivity contribution in [1.29, 1.82) is 0 Å². The molecule has 1 atom stereocenters. The third-order valence-electron chi connectivity index (χ3n) is 5.11. The van der Waals surface area contributed by atoms with Gasteiger partial charge in [-0.3, -0.25) is 4.68 Å². The fourth-order valence-electron chi connectivity index (χ4n) is 3.95. The molecule has 1 aromatic heterocycles. The first-order valence-corrected chi connectivity index (χ1v) is 8.78. The van der Waals surface area contributed by atoms with Gasteiger partial charge in [-0.15, -0.1) is 0 Å². The Bertz CT molecular complexity index is 575. The number of carbonyl (C=O) groups is 1. The molecule has 23 heavy (non-hydrogen) atoms. The molecule has 3 rings (SSSR count). The first-order chi connectivity index (χ1) is 11.0. The molecule has 0 bridgehead atoms. The van der Waals surface area contributed by atoms with Crippen LogP contribution in [0.1, 0.15) is 56.8 Å². The molecule has 1 spiro atoms. The van der Waals surface area contributed by atoms with Crippen LogP contribution in [-0.2, 0) is 11.3 Å². The Morgan fingerprint density at radius 1 is 1.39 bits per heavy atom. The fraction of sp³-hybridized carbons (Fsp3) is 0.765. The average molecular weight is 320 g/mol. The predicted octanol–water partition coefficient (Wildman–Crippen LogP) is 3.13. The number of rotatable bonds is 4. The maximum atomic E-state index is 12.3. The van der Waals surface area contributed by atoms with E-state index < -0.39 is 0 Å². The number of hydrogen-bond donors (Lipinski definition) is 2. The van der Waals surface area contributed by atoms with E-state index in [-0.39, 0.29) is 17.7 Å². The van der Waals surface area contributed by atoms with Crippen LogP contribution in [0.4, 0.5) is 10.5 Å². The lowest BCUT2D eigenvalue weighted by Crippen LogP contribution is -2.39. The second kappa shape index (κ2) is 6.51. The molecule has 128 valence electrons. The number of nitrogens with zero attached hydrogens (tertiary/aromatic N) is 2. The minimum absolute atomic E-state index is 0.0375. The highest BCUT2D eigenvalue weighted by atomic mass is 16.5. The molecule has 2 N–H and O–H groups in total. The first kappa shape index (κ1) is 16.3. The van der Waals surface area contributed by atoms with Crippen LogP contribution in [0.2, 0.25) is 0 Å². The van der Waals surface area contributed by atoms with E-state index in [4.69, 9.17) is 4.74 Å². The summed E-state index contributed by atoms with van der Waals surface area (Å²) < 4.78 is 7.95. The van der Waals surface area contributed by atoms with Gasteiger partial charge in [-0.05, 0) is 39.5 Å². The number of ether oxygens (including phenoxy) is 1. The molecule has 2 fully saturated rings. The lowest BCUT2D eigenvalue weighted by Gasteiger charge is -2.21. The van der Waals surface area contributed by atoms with Crippen molar-refractivity contribution < 1.29 is 9.53 Å². The molecular weight excluding hydrogens is 292 g/mol. The molecule has 2 aliphatic rings. The maximum Gasteiger partial charge on any atom is 0.319 e. The van der Waals surface area contributed by atoms with Crippen molar-refractivity contribution in [2.45, 2.75) is 77.5 Å². The van der Waals surface area contributed by atoms with E-state index in [1.54, 1.807) is 0 Å². The summed E-state index contributed by atoms with van der Waals surface area (Å²) >= 11 is 0. The van der Waals surface area contributed by atoms with Gasteiger partial charge in [0.05, 0.1) is 35.3 Å². The lowest BCUT2D eigenvalue weighted by atomic mass is 9.96. The van der Waals surface area contributed by atoms with Crippen LogP contribution in [0.25, 0.3) is 0 Å². The Morgan fingerprint density at radius 2 is 2.13 bits per heavy atom. The normalized spacial score (nSPS) is 22.7. The topological polar surface area (TPSA) is 68.2 Å². The van der Waals surface area contributed by atoms with E-state index >= 15 is 0 Å². The Kier molecular flexibility index (Phi) is 4.62. The molecule has 0 radical (unpaired) electrons. The van der Waals surface area contributed by atoms with Crippen molar-refractivity contribution in [1.82, 2.24) is 15.1 Å². The highest BCUT2D eigenvalue weighted by Gasteiger charge is 2.42. The van der Waals surface area contributed by atoms with Gasteiger partial charge in [0.1, 0.15) is 0 Å². The van der Waals surface area contributed by atoms with Gasteiger partial charge in [0, 0.05) is 6.54 Å². The Morgan fingerprint density at radius 3 is 2.83 bits per heavy atom. The predicted molar refractivity (Wildman–Crippen MR) is 89.7 cm³/mol. The van der Waals surface area contributed by atoms with Crippen molar-refractivity contribution in [2.75, 3.05) is 11.9 Å². The van der Waals surface area contributed by atoms with Crippen molar-refractivity contribution in [3.05, 3.63) is 11.4 Å². The largest absolute Gasteiger partial charge is 0.373 e. The molecule has 1 saturated carbocycles. The van der Waals surface area contributed by atoms with Crippen LogP contribution < -0.4 is 10.6 Å². The monoisotopic (exact) mass is 320 g/mol. The zero-order valence-corrected chi connectivity index (χ0v) is 14.4. The van der Waals surface area contributed by atoms with Crippen molar-refractivity contribution in [3.8, 4) is 0 Å². The molecule has 0 unspecified atom stereocenters. The van der Waals surface area contributed by atoms with Gasteiger partial charge in [-0.25, -0.2) is 4.79 Å². The lowest BCUT2D eigenvalue weighted by molar-refractivity contribution is 0.00998. The third-order valence-corrected chi connectivity index (χ3v) is 5.11. The van der Waals surface area contributed by atoms with E-state index in [1.165, 1.54) is 12.8 Å². The Balaban J connectivity index is 1.58. The van der Waals surface area contributed by atoms with Crippen LogP contribution in [0.3, 0.4) is 0 Å². The summed E-state index contributed by atoms with van der Waals surface area (Å²) in [5, 5.41) is 10.5. The maximum absolute atomic E-state index is 12.3. The molecule has 2 heterocycles. The van der Waals surface area contributed by atoms with Gasteiger partial charge in [0.25, 0.3) is 0 Å². The van der Waals surface area contributed by atoms with Gasteiger partial charge in [-0.2, -0.15) is 5.10 Å². The molecule has 6 heteroatoms. The minimum Gasteiger partial charge on any atom is -0.373 e. The van der Waals surface area contributed by atoms with Crippen LogP contribution in [0.5, 0.6) is 0 Å². The van der Waals surface area contributed by atoms with Crippen LogP contribution >= 0.6 is 0 Å². The molecule has 1 aliphatic heterocycles. The van der Waals surface area contributed by atoms with Gasteiger partial charge < -0.3 is 15.4 Å². The van der Waals surface area contributed by atoms with Crippen molar-refractivity contribution in [2.24, 2.45) is 0 Å². The van der Waals surface area contributed by atoms with Gasteiger partial charge >= 0.3 is 6.03 Å². The number of urea groups is 1. The minimum atomic E-state index is -0.157. The number of nitrogens with one attached hydrogen (secondary N) is 2. The number of aryl methyl sites for hydroxylation is 2. The van der Waals surface area contributed by atoms with E-state index in [9.17, 15) is 4.79 Å². The van der Waals surface area contributed by atoms with Crippen molar-refractivity contribution >= 4 is 11.7 Å². The molecular formula is C17H28N4O2. The Hall–Kier alpha value is -1.56. The summed E-state index contributed by atoms with van der Waals surface area (Å²) in [6.07, 6.45) is 6.72. The second-order valence-electron chi connectivity index (χ2n) is 6.97. The van der Waals surface area contributed by atoms with Crippen molar-refractivity contribution in [3.63, 3.8) is 0 Å². The Labute approximate surface area is 138 Å². The molecule has 6 nitrogen and oxygen atoms in total. The molecule has 1 aliphatic carbocycles. The second-order valence-corrected chi connectivity index (χ2v) is 6.97. The number of hydrogen-bond acceptors (Lipinski definition) is 3. The average Bonchev–Trinajstić information content (AvgIpc) is 3.19. The van der Waals surface area contributed by atoms with Crippen LogP contribution in [-0.4, -0.2) is 34.1 Å². The van der Waals surface area contributed by atoms with Gasteiger partial charge in [-0.1, -0.05) is 19.8 Å². The molecule has 1 saturated heterocycles. The van der Waals surface area contributed by atoms with E-state index in [1.807, 2.05) is 18.5 Å². The summed E-state index contributed by atoms with van der Waals surface area (Å²) in [7, 11) is 0. The standard InChI is InChI=1S/C17H28N4O2/c1-4-9-21-13(3)15(12(2)20-21)19-16(22)18-14-10-17(23-11-14)7-5-6-8-17/h14H,4-11H2,1-3H3,(H2,18,19,22)/t14-/m1/s1. The first-order valence-electron chi connectivity index (χ1n) is 8.78. The fourth-order valence-corrected chi connectivity index (χ4v) is 3.95. The smallest absolute Gasteiger partial charge is 0.319 e. The summed E-state index contributed by atoms with van der Waals surface area (Å²) in [4.78, 5) is 12.3. The van der Waals surface area contributed by atoms with Gasteiger partial charge in [0.2, 0.25) is 0 Å². The zero-order valence-electron chi connectivity index (χ0n) is 14.4. The highest BCUT2D eigenvalue weighted by Crippen LogP contribution is 2.40. The number of aromatic nitrogens is 2. The highest BCUT2D eigenvalue weighted by molar-refractivity contribution is 5.90. The summed E-state index contributed by atoms with van der Waals surface area (Å²) in [6.45, 7) is 7.54. The summed E-state index contributed by atoms with van der Waals surface area (Å²) in [5.74, 6) is 0. The summed E-state index contributed by atoms with van der Waals surface area (Å²) in [6, 6.07) is -0.0460. The molecule has 1 aromatic rings. The molecule has 2 amide bonds. The van der Waals surface area contributed by atoms with Crippen LogP contribution in [0, 0.1) is 13.8 Å². The van der Waals surface area contributed by atoms with Crippen LogP contribution in [0.15, 0.2) is 0 Å². The zero-order chi connectivity index (χ0) is 16.4. The van der Waals surface area contributed by atoms with E-state index in [0.717, 1.165) is 49.3 Å².